The van der Waals surface area contributed by atoms with E-state index >= 15 is 0 Å². The Bertz CT molecular complexity index is 1100. The van der Waals surface area contributed by atoms with E-state index < -0.39 is 0 Å². The quantitative estimate of drug-likeness (QED) is 0.358. The van der Waals surface area contributed by atoms with Gasteiger partial charge in [0.15, 0.2) is 0 Å². The predicted octanol–water partition coefficient (Wildman–Crippen LogP) is 1.81. The highest BCUT2D eigenvalue weighted by Crippen LogP contribution is 2.18. The summed E-state index contributed by atoms with van der Waals surface area (Å²) in [6.07, 6.45) is 5.38. The Kier molecular flexibility index (Phi) is 6.22. The lowest BCUT2D eigenvalue weighted by Crippen LogP contribution is -2.23. The van der Waals surface area contributed by atoms with Crippen LogP contribution in [0.5, 0.6) is 0 Å². The first-order valence-electron chi connectivity index (χ1n) is 9.09. The normalized spacial score (nSPS) is 12.3. The Morgan fingerprint density at radius 3 is 2.69 bits per heavy atom. The zero-order valence-electron chi connectivity index (χ0n) is 16.8. The second kappa shape index (κ2) is 9.00. The van der Waals surface area contributed by atoms with Gasteiger partial charge in [0.2, 0.25) is 5.90 Å². The van der Waals surface area contributed by atoms with Crippen LogP contribution in [0.25, 0.3) is 5.69 Å². The average molecular weight is 394 g/mol. The van der Waals surface area contributed by atoms with Crippen LogP contribution in [0.4, 0.5) is 0 Å². The van der Waals surface area contributed by atoms with E-state index in [2.05, 4.69) is 30.6 Å². The van der Waals surface area contributed by atoms with Crippen molar-refractivity contribution in [3.63, 3.8) is 0 Å². The molecular weight excluding hydrogens is 372 g/mol. The summed E-state index contributed by atoms with van der Waals surface area (Å²) >= 11 is 0. The number of ether oxygens (including phenoxy) is 1. The van der Waals surface area contributed by atoms with Gasteiger partial charge in [0.25, 0.3) is 0 Å². The molecule has 0 aliphatic rings. The summed E-state index contributed by atoms with van der Waals surface area (Å²) in [5.41, 5.74) is 3.37. The molecular formula is C19H22N8O2. The van der Waals surface area contributed by atoms with Gasteiger partial charge in [-0.1, -0.05) is 19.1 Å². The van der Waals surface area contributed by atoms with Gasteiger partial charge in [-0.25, -0.2) is 4.79 Å². The number of tetrazole rings is 1. The minimum absolute atomic E-state index is 0.220. The lowest BCUT2D eigenvalue weighted by molar-refractivity contribution is 0.282. The van der Waals surface area contributed by atoms with Crippen LogP contribution in [0.2, 0.25) is 0 Å². The van der Waals surface area contributed by atoms with Crippen molar-refractivity contribution in [2.45, 2.75) is 33.8 Å². The fraction of sp³-hybridized carbons (Fsp3) is 0.316. The Hall–Kier alpha value is -3.69. The molecule has 10 nitrogen and oxygen atoms in total. The third-order valence-corrected chi connectivity index (χ3v) is 4.27. The third kappa shape index (κ3) is 4.60. The molecule has 29 heavy (non-hydrogen) atoms. The molecule has 0 fully saturated rings. The second-order valence-corrected chi connectivity index (χ2v) is 6.28. The number of hydrogen-bond donors (Lipinski definition) is 0. The average Bonchev–Trinajstić information content (AvgIpc) is 3.07. The van der Waals surface area contributed by atoms with Crippen LogP contribution in [-0.2, 0) is 18.4 Å². The molecule has 0 unspecified atom stereocenters. The standard InChI is InChI=1S/C19H22N8O2/c1-5-18(23-22-14(3)16-11-20-9-10-21-16)29-12-15-13(2)7-6-8-17(15)27-19(28)26(4)24-25-27/h6-11H,5,12H2,1-4H3/b22-14-,23-18+. The van der Waals surface area contributed by atoms with Crippen molar-refractivity contribution in [1.29, 1.82) is 0 Å². The predicted molar refractivity (Wildman–Crippen MR) is 108 cm³/mol. The first kappa shape index (κ1) is 20.1. The third-order valence-electron chi connectivity index (χ3n) is 4.27. The number of benzene rings is 1. The molecule has 0 aliphatic carbocycles. The van der Waals surface area contributed by atoms with Crippen molar-refractivity contribution in [3.05, 3.63) is 64.1 Å². The van der Waals surface area contributed by atoms with Gasteiger partial charge >= 0.3 is 5.69 Å². The van der Waals surface area contributed by atoms with Crippen molar-refractivity contribution in [2.75, 3.05) is 0 Å². The summed E-state index contributed by atoms with van der Waals surface area (Å²) in [5, 5.41) is 16.1. The maximum Gasteiger partial charge on any atom is 0.368 e. The van der Waals surface area contributed by atoms with Crippen LogP contribution < -0.4 is 5.69 Å². The van der Waals surface area contributed by atoms with E-state index in [0.717, 1.165) is 11.1 Å². The van der Waals surface area contributed by atoms with Crippen LogP contribution in [0.3, 0.4) is 0 Å². The van der Waals surface area contributed by atoms with E-state index in [4.69, 9.17) is 4.74 Å². The van der Waals surface area contributed by atoms with Crippen LogP contribution in [0.1, 0.15) is 37.1 Å². The summed E-state index contributed by atoms with van der Waals surface area (Å²) in [5.74, 6) is 0.467. The molecule has 10 heteroatoms. The lowest BCUT2D eigenvalue weighted by atomic mass is 10.1. The Morgan fingerprint density at radius 1 is 1.21 bits per heavy atom. The van der Waals surface area contributed by atoms with Gasteiger partial charge in [0.1, 0.15) is 12.3 Å². The number of hydrogen-bond acceptors (Lipinski definition) is 8. The molecule has 0 saturated carbocycles. The van der Waals surface area contributed by atoms with Gasteiger partial charge in [-0.3, -0.25) is 9.97 Å². The van der Waals surface area contributed by atoms with Crippen LogP contribution in [-0.4, -0.2) is 41.4 Å². The zero-order valence-corrected chi connectivity index (χ0v) is 16.8. The molecule has 0 amide bonds. The molecule has 0 atom stereocenters. The first-order valence-corrected chi connectivity index (χ1v) is 9.09. The summed E-state index contributed by atoms with van der Waals surface area (Å²) in [7, 11) is 1.55. The summed E-state index contributed by atoms with van der Waals surface area (Å²) in [4.78, 5) is 20.5. The molecule has 3 aromatic rings. The van der Waals surface area contributed by atoms with E-state index in [9.17, 15) is 4.79 Å². The molecule has 0 spiro atoms. The molecule has 2 heterocycles. The van der Waals surface area contributed by atoms with Crippen molar-refractivity contribution >= 4 is 11.6 Å². The van der Waals surface area contributed by atoms with Crippen molar-refractivity contribution in [3.8, 4) is 5.69 Å². The number of rotatable bonds is 6. The fourth-order valence-corrected chi connectivity index (χ4v) is 2.56. The largest absolute Gasteiger partial charge is 0.475 e. The Labute approximate surface area is 167 Å². The molecule has 0 radical (unpaired) electrons. The minimum Gasteiger partial charge on any atom is -0.475 e. The maximum absolute atomic E-state index is 12.2. The van der Waals surface area contributed by atoms with Gasteiger partial charge in [-0.2, -0.15) is 14.5 Å². The highest BCUT2D eigenvalue weighted by atomic mass is 16.5. The molecule has 2 aromatic heterocycles. The van der Waals surface area contributed by atoms with Crippen molar-refractivity contribution in [2.24, 2.45) is 17.3 Å². The molecule has 0 N–H and O–H groups in total. The molecule has 0 saturated heterocycles. The number of aromatic nitrogens is 6. The highest BCUT2D eigenvalue weighted by molar-refractivity contribution is 5.96. The maximum atomic E-state index is 12.2. The summed E-state index contributed by atoms with van der Waals surface area (Å²) in [6.45, 7) is 5.90. The monoisotopic (exact) mass is 394 g/mol. The van der Waals surface area contributed by atoms with E-state index in [1.54, 1.807) is 38.6 Å². The summed E-state index contributed by atoms with van der Waals surface area (Å²) in [6, 6.07) is 5.61. The molecule has 3 rings (SSSR count). The molecule has 150 valence electrons. The van der Waals surface area contributed by atoms with E-state index in [1.165, 1.54) is 9.36 Å². The SMILES string of the molecule is CC/C(=N\N=C(\C)c1cnccn1)OCc1c(C)cccc1-n1nnn(C)c1=O. The van der Waals surface area contributed by atoms with Crippen LogP contribution in [0.15, 0.2) is 51.8 Å². The fourth-order valence-electron chi connectivity index (χ4n) is 2.56. The first-order chi connectivity index (χ1) is 14.0. The Morgan fingerprint density at radius 2 is 2.03 bits per heavy atom. The minimum atomic E-state index is -0.328. The van der Waals surface area contributed by atoms with Gasteiger partial charge in [0.05, 0.1) is 17.6 Å². The topological polar surface area (TPSA) is 112 Å². The van der Waals surface area contributed by atoms with E-state index in [1.807, 2.05) is 26.0 Å². The number of aryl methyl sites for hydroxylation is 2. The van der Waals surface area contributed by atoms with Crippen LogP contribution >= 0.6 is 0 Å². The Balaban J connectivity index is 1.83. The molecule has 1 aromatic carbocycles. The van der Waals surface area contributed by atoms with Crippen molar-refractivity contribution in [1.82, 2.24) is 29.8 Å². The van der Waals surface area contributed by atoms with E-state index in [-0.39, 0.29) is 12.3 Å². The van der Waals surface area contributed by atoms with Crippen molar-refractivity contribution < 1.29 is 4.74 Å². The summed E-state index contributed by atoms with van der Waals surface area (Å²) < 4.78 is 8.32. The van der Waals surface area contributed by atoms with E-state index in [0.29, 0.717) is 29.4 Å². The zero-order chi connectivity index (χ0) is 20.8. The van der Waals surface area contributed by atoms with Gasteiger partial charge in [0, 0.05) is 31.4 Å². The van der Waals surface area contributed by atoms with Crippen LogP contribution in [0, 0.1) is 6.92 Å². The van der Waals surface area contributed by atoms with Gasteiger partial charge < -0.3 is 4.74 Å². The molecule has 0 bridgehead atoms. The lowest BCUT2D eigenvalue weighted by Gasteiger charge is -2.13. The smallest absolute Gasteiger partial charge is 0.368 e. The van der Waals surface area contributed by atoms with Gasteiger partial charge in [-0.05, 0) is 35.9 Å². The van der Waals surface area contributed by atoms with Gasteiger partial charge in [-0.15, -0.1) is 5.10 Å². The highest BCUT2D eigenvalue weighted by Gasteiger charge is 2.14. The number of nitrogens with zero attached hydrogens (tertiary/aromatic N) is 8. The second-order valence-electron chi connectivity index (χ2n) is 6.28. The molecule has 0 aliphatic heterocycles.